The smallest absolute Gasteiger partial charge is 0.243 e. The Morgan fingerprint density at radius 2 is 2.04 bits per heavy atom. The normalized spacial score (nSPS) is 18.6. The van der Waals surface area contributed by atoms with Crippen molar-refractivity contribution in [3.63, 3.8) is 0 Å². The molecule has 2 fully saturated rings. The van der Waals surface area contributed by atoms with Crippen LogP contribution in [0.4, 0.5) is 5.69 Å². The Bertz CT molecular complexity index is 899. The van der Waals surface area contributed by atoms with E-state index in [9.17, 15) is 8.42 Å². The predicted molar refractivity (Wildman–Crippen MR) is 101 cm³/mol. The van der Waals surface area contributed by atoms with E-state index in [0.29, 0.717) is 43.7 Å². The number of nitrogens with one attached hydrogen (secondary N) is 1. The summed E-state index contributed by atoms with van der Waals surface area (Å²) in [5.74, 6) is 2.05. The van der Waals surface area contributed by atoms with Crippen LogP contribution in [0.2, 0.25) is 0 Å². The molecule has 1 saturated heterocycles. The van der Waals surface area contributed by atoms with Crippen molar-refractivity contribution in [2.75, 3.05) is 31.6 Å². The highest BCUT2D eigenvalue weighted by atomic mass is 32.2. The van der Waals surface area contributed by atoms with E-state index in [0.717, 1.165) is 42.2 Å². The first-order valence-electron chi connectivity index (χ1n) is 9.47. The molecule has 1 aromatic carbocycles. The third kappa shape index (κ3) is 4.02. The van der Waals surface area contributed by atoms with E-state index in [1.165, 1.54) is 4.31 Å². The van der Waals surface area contributed by atoms with Crippen LogP contribution in [0, 0.1) is 0 Å². The molecule has 2 aromatic rings. The molecule has 2 aliphatic rings. The zero-order valence-electron chi connectivity index (χ0n) is 15.5. The molecule has 0 atom stereocenters. The minimum absolute atomic E-state index is 0.306. The van der Waals surface area contributed by atoms with Crippen LogP contribution >= 0.6 is 0 Å². The summed E-state index contributed by atoms with van der Waals surface area (Å²) >= 11 is 0. The maximum absolute atomic E-state index is 12.9. The van der Waals surface area contributed by atoms with Crippen LogP contribution in [-0.2, 0) is 27.7 Å². The Hall–Kier alpha value is -1.90. The predicted octanol–water partition coefficient (Wildman–Crippen LogP) is 2.75. The molecule has 0 amide bonds. The van der Waals surface area contributed by atoms with Gasteiger partial charge in [-0.2, -0.15) is 4.31 Å². The molecule has 1 aliphatic heterocycles. The lowest BCUT2D eigenvalue weighted by Crippen LogP contribution is -2.40. The Balaban J connectivity index is 1.52. The van der Waals surface area contributed by atoms with Gasteiger partial charge >= 0.3 is 0 Å². The standard InChI is InChI=1S/C19H25N3O4S/c1-2-14-5-6-17(27(23,24)22-7-9-25-10-8-22)11-18(14)20-12-16-13-21-19(26-16)15-3-4-15/h5-6,11,13,15,20H,2-4,7-10,12H2,1H3. The Morgan fingerprint density at radius 3 is 2.74 bits per heavy atom. The number of oxazole rings is 1. The average molecular weight is 391 g/mol. The third-order valence-electron chi connectivity index (χ3n) is 5.02. The molecule has 1 aliphatic carbocycles. The molecule has 7 nitrogen and oxygen atoms in total. The molecule has 8 heteroatoms. The minimum atomic E-state index is -3.51. The van der Waals surface area contributed by atoms with E-state index in [2.05, 4.69) is 17.2 Å². The molecular formula is C19H25N3O4S. The first-order chi connectivity index (χ1) is 13.1. The number of hydrogen-bond donors (Lipinski definition) is 1. The summed E-state index contributed by atoms with van der Waals surface area (Å²) in [5.41, 5.74) is 1.88. The van der Waals surface area contributed by atoms with Crippen LogP contribution in [0.3, 0.4) is 0 Å². The van der Waals surface area contributed by atoms with Crippen molar-refractivity contribution in [2.24, 2.45) is 0 Å². The van der Waals surface area contributed by atoms with Gasteiger partial charge in [0, 0.05) is 24.7 Å². The van der Waals surface area contributed by atoms with Crippen LogP contribution in [0.1, 0.15) is 42.9 Å². The van der Waals surface area contributed by atoms with E-state index in [4.69, 9.17) is 9.15 Å². The highest BCUT2D eigenvalue weighted by Gasteiger charge is 2.29. The van der Waals surface area contributed by atoms with Crippen molar-refractivity contribution in [2.45, 2.75) is 43.5 Å². The fourth-order valence-corrected chi connectivity index (χ4v) is 4.67. The van der Waals surface area contributed by atoms with Crippen LogP contribution < -0.4 is 5.32 Å². The maximum Gasteiger partial charge on any atom is 0.243 e. The lowest BCUT2D eigenvalue weighted by molar-refractivity contribution is 0.0730. The van der Waals surface area contributed by atoms with E-state index < -0.39 is 10.0 Å². The summed E-state index contributed by atoms with van der Waals surface area (Å²) in [7, 11) is -3.51. The van der Waals surface area contributed by atoms with E-state index in [1.807, 2.05) is 6.07 Å². The molecular weight excluding hydrogens is 366 g/mol. The fraction of sp³-hybridized carbons (Fsp3) is 0.526. The molecule has 0 bridgehead atoms. The quantitative estimate of drug-likeness (QED) is 0.781. The van der Waals surface area contributed by atoms with E-state index >= 15 is 0 Å². The van der Waals surface area contributed by atoms with Gasteiger partial charge in [-0.1, -0.05) is 13.0 Å². The molecule has 0 radical (unpaired) electrons. The number of nitrogens with zero attached hydrogens (tertiary/aromatic N) is 2. The van der Waals surface area contributed by atoms with E-state index in [-0.39, 0.29) is 0 Å². The number of rotatable bonds is 7. The van der Waals surface area contributed by atoms with Gasteiger partial charge in [0.15, 0.2) is 5.89 Å². The van der Waals surface area contributed by atoms with Crippen LogP contribution in [-0.4, -0.2) is 44.0 Å². The number of morpholine rings is 1. The Morgan fingerprint density at radius 1 is 1.26 bits per heavy atom. The number of hydrogen-bond acceptors (Lipinski definition) is 6. The topological polar surface area (TPSA) is 84.7 Å². The third-order valence-corrected chi connectivity index (χ3v) is 6.92. The van der Waals surface area contributed by atoms with Crippen molar-refractivity contribution in [3.8, 4) is 0 Å². The monoisotopic (exact) mass is 391 g/mol. The van der Waals surface area contributed by atoms with Crippen LogP contribution in [0.25, 0.3) is 0 Å². The second-order valence-electron chi connectivity index (χ2n) is 6.98. The Labute approximate surface area is 159 Å². The Kier molecular flexibility index (Phi) is 5.21. The van der Waals surface area contributed by atoms with Gasteiger partial charge in [0.2, 0.25) is 10.0 Å². The lowest BCUT2D eigenvalue weighted by atomic mass is 10.1. The summed E-state index contributed by atoms with van der Waals surface area (Å²) in [4.78, 5) is 4.64. The first kappa shape index (κ1) is 18.5. The molecule has 1 saturated carbocycles. The van der Waals surface area contributed by atoms with Gasteiger partial charge in [-0.3, -0.25) is 0 Å². The molecule has 146 valence electrons. The highest BCUT2D eigenvalue weighted by Crippen LogP contribution is 2.39. The SMILES string of the molecule is CCc1ccc(S(=O)(=O)N2CCOCC2)cc1NCc1cnc(C2CC2)o1. The van der Waals surface area contributed by atoms with Gasteiger partial charge < -0.3 is 14.5 Å². The number of anilines is 1. The second kappa shape index (κ2) is 7.61. The maximum atomic E-state index is 12.9. The van der Waals surface area contributed by atoms with Gasteiger partial charge in [0.25, 0.3) is 0 Å². The average Bonchev–Trinajstić information content (AvgIpc) is 3.45. The molecule has 1 N–H and O–H groups in total. The fourth-order valence-electron chi connectivity index (χ4n) is 3.23. The summed E-state index contributed by atoms with van der Waals surface area (Å²) in [6.07, 6.45) is 4.86. The summed E-state index contributed by atoms with van der Waals surface area (Å²) in [6.45, 7) is 4.19. The summed E-state index contributed by atoms with van der Waals surface area (Å²) in [6, 6.07) is 5.29. The number of aryl methyl sites for hydroxylation is 1. The van der Waals surface area contributed by atoms with Gasteiger partial charge in [-0.15, -0.1) is 0 Å². The van der Waals surface area contributed by atoms with E-state index in [1.54, 1.807) is 18.3 Å². The molecule has 0 unspecified atom stereocenters. The zero-order valence-corrected chi connectivity index (χ0v) is 16.3. The highest BCUT2D eigenvalue weighted by molar-refractivity contribution is 7.89. The molecule has 2 heterocycles. The number of ether oxygens (including phenoxy) is 1. The molecule has 27 heavy (non-hydrogen) atoms. The molecule has 1 aromatic heterocycles. The van der Waals surface area contributed by atoms with Gasteiger partial charge in [0.05, 0.1) is 30.9 Å². The van der Waals surface area contributed by atoms with Crippen molar-refractivity contribution < 1.29 is 17.6 Å². The van der Waals surface area contributed by atoms with Crippen molar-refractivity contribution in [3.05, 3.63) is 41.6 Å². The van der Waals surface area contributed by atoms with Gasteiger partial charge in [-0.25, -0.2) is 13.4 Å². The largest absolute Gasteiger partial charge is 0.444 e. The summed E-state index contributed by atoms with van der Waals surface area (Å²) < 4.78 is 38.4. The van der Waals surface area contributed by atoms with Crippen LogP contribution in [0.5, 0.6) is 0 Å². The molecule has 0 spiro atoms. The number of benzene rings is 1. The first-order valence-corrected chi connectivity index (χ1v) is 10.9. The zero-order chi connectivity index (χ0) is 18.9. The minimum Gasteiger partial charge on any atom is -0.444 e. The van der Waals surface area contributed by atoms with Crippen molar-refractivity contribution in [1.82, 2.24) is 9.29 Å². The van der Waals surface area contributed by atoms with Crippen molar-refractivity contribution in [1.29, 1.82) is 0 Å². The van der Waals surface area contributed by atoms with Gasteiger partial charge in [0.1, 0.15) is 5.76 Å². The molecule has 4 rings (SSSR count). The van der Waals surface area contributed by atoms with Crippen molar-refractivity contribution >= 4 is 15.7 Å². The van der Waals surface area contributed by atoms with Gasteiger partial charge in [-0.05, 0) is 37.0 Å². The number of aromatic nitrogens is 1. The second-order valence-corrected chi connectivity index (χ2v) is 8.92. The number of sulfonamides is 1. The van der Waals surface area contributed by atoms with Crippen LogP contribution in [0.15, 0.2) is 33.7 Å². The lowest BCUT2D eigenvalue weighted by Gasteiger charge is -2.26. The summed E-state index contributed by atoms with van der Waals surface area (Å²) in [5, 5.41) is 3.33.